The van der Waals surface area contributed by atoms with Gasteiger partial charge in [-0.3, -0.25) is 4.79 Å². The lowest BCUT2D eigenvalue weighted by atomic mass is 9.88. The first-order chi connectivity index (χ1) is 18.9. The van der Waals surface area contributed by atoms with E-state index in [1.165, 1.54) is 17.5 Å². The average Bonchev–Trinajstić information content (AvgIpc) is 3.71. The molecule has 0 radical (unpaired) electrons. The van der Waals surface area contributed by atoms with Gasteiger partial charge < -0.3 is 14.7 Å². The number of nitrogens with zero attached hydrogens (tertiary/aromatic N) is 1. The van der Waals surface area contributed by atoms with Crippen molar-refractivity contribution >= 4 is 21.5 Å². The molecule has 220 valence electrons. The van der Waals surface area contributed by atoms with Crippen LogP contribution in [0, 0.1) is 17.3 Å². The van der Waals surface area contributed by atoms with Gasteiger partial charge in [0, 0.05) is 25.0 Å². The number of anilines is 1. The van der Waals surface area contributed by atoms with Gasteiger partial charge in [-0.25, -0.2) is 8.42 Å². The summed E-state index contributed by atoms with van der Waals surface area (Å²) in [7, 11) is -3.10. The summed E-state index contributed by atoms with van der Waals surface area (Å²) >= 11 is 0. The van der Waals surface area contributed by atoms with Crippen LogP contribution in [0.3, 0.4) is 0 Å². The van der Waals surface area contributed by atoms with E-state index in [0.717, 1.165) is 74.9 Å². The second-order valence-corrected chi connectivity index (χ2v) is 15.4. The summed E-state index contributed by atoms with van der Waals surface area (Å²) in [4.78, 5) is 13.8. The molecule has 6 nitrogen and oxygen atoms in total. The summed E-state index contributed by atoms with van der Waals surface area (Å²) in [6, 6.07) is 14.3. The van der Waals surface area contributed by atoms with Crippen molar-refractivity contribution in [3.8, 4) is 5.75 Å². The van der Waals surface area contributed by atoms with Gasteiger partial charge in [0.15, 0.2) is 9.84 Å². The highest BCUT2D eigenvalue weighted by Crippen LogP contribution is 2.45. The topological polar surface area (TPSA) is 83.9 Å². The van der Waals surface area contributed by atoms with Gasteiger partial charge in [-0.15, -0.1) is 0 Å². The van der Waals surface area contributed by atoms with Crippen molar-refractivity contribution in [2.75, 3.05) is 30.9 Å². The number of carboxylic acid groups (broad SMARTS) is 1. The van der Waals surface area contributed by atoms with Crippen LogP contribution < -0.4 is 9.64 Å². The van der Waals surface area contributed by atoms with E-state index in [4.69, 9.17) is 4.74 Å². The van der Waals surface area contributed by atoms with Crippen molar-refractivity contribution in [3.63, 3.8) is 0 Å². The van der Waals surface area contributed by atoms with Crippen LogP contribution in [0.2, 0.25) is 0 Å². The molecular formula is C33H47NO5S. The van der Waals surface area contributed by atoms with E-state index in [0.29, 0.717) is 23.9 Å². The minimum atomic E-state index is -3.10. The third-order valence-electron chi connectivity index (χ3n) is 8.26. The van der Waals surface area contributed by atoms with E-state index in [-0.39, 0.29) is 18.1 Å². The lowest BCUT2D eigenvalue weighted by molar-refractivity contribution is -0.137. The molecule has 40 heavy (non-hydrogen) atoms. The number of aryl methyl sites for hydroxylation is 1. The summed E-state index contributed by atoms with van der Waals surface area (Å²) < 4.78 is 30.2. The van der Waals surface area contributed by atoms with Gasteiger partial charge in [0.05, 0.1) is 18.8 Å². The molecule has 1 saturated carbocycles. The van der Waals surface area contributed by atoms with E-state index in [2.05, 4.69) is 37.8 Å². The van der Waals surface area contributed by atoms with Gasteiger partial charge in [0.25, 0.3) is 0 Å². The van der Waals surface area contributed by atoms with Crippen LogP contribution in [0.5, 0.6) is 5.75 Å². The highest BCUT2D eigenvalue weighted by Gasteiger charge is 2.34. The predicted molar refractivity (Wildman–Crippen MR) is 162 cm³/mol. The Hall–Kier alpha value is -2.54. The molecule has 1 unspecified atom stereocenters. The first-order valence-corrected chi connectivity index (χ1v) is 16.9. The van der Waals surface area contributed by atoms with Crippen LogP contribution in [0.25, 0.3) is 0 Å². The zero-order chi connectivity index (χ0) is 28.9. The molecule has 1 heterocycles. The van der Waals surface area contributed by atoms with E-state index in [1.54, 1.807) is 0 Å². The molecule has 1 N–H and O–H groups in total. The van der Waals surface area contributed by atoms with E-state index < -0.39 is 15.8 Å². The number of rotatable bonds is 13. The second kappa shape index (κ2) is 13.0. The third kappa shape index (κ3) is 9.53. The zero-order valence-electron chi connectivity index (χ0n) is 24.7. The van der Waals surface area contributed by atoms with Gasteiger partial charge in [0.2, 0.25) is 0 Å². The number of sulfone groups is 1. The Balaban J connectivity index is 1.37. The van der Waals surface area contributed by atoms with E-state index >= 15 is 0 Å². The highest BCUT2D eigenvalue weighted by molar-refractivity contribution is 7.89. The van der Waals surface area contributed by atoms with Crippen molar-refractivity contribution in [1.29, 1.82) is 0 Å². The lowest BCUT2D eigenvalue weighted by Gasteiger charge is -2.35. The number of aliphatic carboxylic acids is 1. The number of carboxylic acids is 1. The Morgan fingerprint density at radius 1 is 1.07 bits per heavy atom. The molecular weight excluding hydrogens is 522 g/mol. The van der Waals surface area contributed by atoms with Crippen LogP contribution in [0.4, 0.5) is 5.69 Å². The molecule has 4 rings (SSSR count). The van der Waals surface area contributed by atoms with E-state index in [1.807, 2.05) is 30.3 Å². The fraction of sp³-hybridized carbons (Fsp3) is 0.606. The number of hydrogen-bond acceptors (Lipinski definition) is 5. The van der Waals surface area contributed by atoms with Gasteiger partial charge >= 0.3 is 5.97 Å². The quantitative estimate of drug-likeness (QED) is 0.284. The molecule has 1 saturated heterocycles. The first-order valence-electron chi connectivity index (χ1n) is 14.9. The SMILES string of the molecule is CC(C)(C)CCCc1ccc(CS(C)(=O)=O)cc1N1CCC(COc2cccc(C(CC(=O)O)C3CC3)c2)CC1. The lowest BCUT2D eigenvalue weighted by Crippen LogP contribution is -2.36. The van der Waals surface area contributed by atoms with E-state index in [9.17, 15) is 18.3 Å². The van der Waals surface area contributed by atoms with Gasteiger partial charge in [-0.2, -0.15) is 0 Å². The minimum Gasteiger partial charge on any atom is -0.493 e. The Labute approximate surface area is 241 Å². The van der Waals surface area contributed by atoms with Crippen LogP contribution in [-0.4, -0.2) is 45.4 Å². The Bertz CT molecular complexity index is 1250. The molecule has 2 fully saturated rings. The molecule has 2 aromatic rings. The monoisotopic (exact) mass is 569 g/mol. The number of benzene rings is 2. The van der Waals surface area contributed by atoms with Crippen LogP contribution in [0.15, 0.2) is 42.5 Å². The maximum Gasteiger partial charge on any atom is 0.303 e. The van der Waals surface area contributed by atoms with Crippen molar-refractivity contribution < 1.29 is 23.1 Å². The van der Waals surface area contributed by atoms with Crippen molar-refractivity contribution in [3.05, 3.63) is 59.2 Å². The maximum absolute atomic E-state index is 12.0. The number of piperidine rings is 1. The van der Waals surface area contributed by atoms with Crippen molar-refractivity contribution in [2.24, 2.45) is 17.3 Å². The molecule has 0 bridgehead atoms. The highest BCUT2D eigenvalue weighted by atomic mass is 32.2. The number of carbonyl (C=O) groups is 1. The molecule has 0 aromatic heterocycles. The number of ether oxygens (including phenoxy) is 1. The summed E-state index contributed by atoms with van der Waals surface area (Å²) in [5.74, 6) is 1.14. The van der Waals surface area contributed by atoms with Gasteiger partial charge in [-0.05, 0) is 103 Å². The normalized spacial score (nSPS) is 17.6. The minimum absolute atomic E-state index is 0.0692. The average molecular weight is 570 g/mol. The molecule has 1 atom stereocenters. The smallest absolute Gasteiger partial charge is 0.303 e. The zero-order valence-corrected chi connectivity index (χ0v) is 25.5. The molecule has 2 aromatic carbocycles. The molecule has 1 aliphatic carbocycles. The standard InChI is InChI=1S/C33H47NO5S/c1-33(2,3)16-6-8-27-11-10-25(23-40(4,37)38)19-31(27)34-17-14-24(15-18-34)22-39-29-9-5-7-28(20-29)30(21-32(35)36)26-12-13-26/h5,7,9-11,19-20,24,26,30H,6,8,12-18,21-23H2,1-4H3,(H,35,36). The molecule has 7 heteroatoms. The largest absolute Gasteiger partial charge is 0.493 e. The van der Waals surface area contributed by atoms with Crippen LogP contribution in [0.1, 0.15) is 88.3 Å². The van der Waals surface area contributed by atoms with Gasteiger partial charge in [0.1, 0.15) is 5.75 Å². The maximum atomic E-state index is 12.0. The first kappa shape index (κ1) is 30.4. The van der Waals surface area contributed by atoms with Crippen LogP contribution >= 0.6 is 0 Å². The third-order valence-corrected chi connectivity index (χ3v) is 9.12. The summed E-state index contributed by atoms with van der Waals surface area (Å²) in [6.07, 6.45) is 8.97. The molecule has 1 aliphatic heterocycles. The summed E-state index contributed by atoms with van der Waals surface area (Å²) in [5.41, 5.74) is 4.72. The molecule has 0 spiro atoms. The summed E-state index contributed by atoms with van der Waals surface area (Å²) in [6.45, 7) is 9.31. The molecule has 0 amide bonds. The molecule has 2 aliphatic rings. The predicted octanol–water partition coefficient (Wildman–Crippen LogP) is 6.86. The Morgan fingerprint density at radius 3 is 2.42 bits per heavy atom. The Kier molecular flexibility index (Phi) is 9.86. The fourth-order valence-electron chi connectivity index (χ4n) is 5.95. The summed E-state index contributed by atoms with van der Waals surface area (Å²) in [5, 5.41) is 9.36. The Morgan fingerprint density at radius 2 is 1.80 bits per heavy atom. The van der Waals surface area contributed by atoms with Crippen LogP contribution in [-0.2, 0) is 26.8 Å². The second-order valence-electron chi connectivity index (χ2n) is 13.3. The van der Waals surface area contributed by atoms with Crippen molar-refractivity contribution in [2.45, 2.75) is 83.8 Å². The van der Waals surface area contributed by atoms with Crippen molar-refractivity contribution in [1.82, 2.24) is 0 Å². The van der Waals surface area contributed by atoms with Gasteiger partial charge in [-0.1, -0.05) is 45.0 Å². The number of hydrogen-bond donors (Lipinski definition) is 1. The fourth-order valence-corrected chi connectivity index (χ4v) is 6.73.